The van der Waals surface area contributed by atoms with Crippen molar-refractivity contribution < 1.29 is 0 Å². The fourth-order valence-corrected chi connectivity index (χ4v) is 0. The molecule has 0 bridgehead atoms. The monoisotopic (exact) mass is 145 g/mol. The summed E-state index contributed by atoms with van der Waals surface area (Å²) in [5.41, 5.74) is 0. The summed E-state index contributed by atoms with van der Waals surface area (Å²) in [4.78, 5) is 0. The summed E-state index contributed by atoms with van der Waals surface area (Å²) in [6.45, 7) is 0. The topological polar surface area (TPSA) is 0 Å². The zero-order valence-electron chi connectivity index (χ0n) is 7.00. The third kappa shape index (κ3) is 32.5. The summed E-state index contributed by atoms with van der Waals surface area (Å²) in [6, 6.07) is 0. The van der Waals surface area contributed by atoms with Crippen LogP contribution < -0.4 is 0 Å². The van der Waals surface area contributed by atoms with Gasteiger partial charge in [0.15, 0.2) is 0 Å². The van der Waals surface area contributed by atoms with Gasteiger partial charge >= 0.3 is 0 Å². The first kappa shape index (κ1) is 49.6. The second kappa shape index (κ2) is 38.9. The van der Waals surface area contributed by atoms with Gasteiger partial charge in [-0.2, -0.15) is 0 Å². The fourth-order valence-electron chi connectivity index (χ4n) is 0. The van der Waals surface area contributed by atoms with Gasteiger partial charge < -0.3 is 0 Å². The van der Waals surface area contributed by atoms with Crippen molar-refractivity contribution >= 4 is 196 Å². The molecule has 0 aromatic heterocycles. The maximum absolute atomic E-state index is 0. The van der Waals surface area contributed by atoms with Crippen molar-refractivity contribution in [2.45, 2.75) is 0 Å². The average Bonchev–Trinajstić information content (AvgIpc) is 0. The summed E-state index contributed by atoms with van der Waals surface area (Å²) < 4.78 is 0. The molecule has 7 heteroatoms. The zero-order chi connectivity index (χ0) is 0. The van der Waals surface area contributed by atoms with E-state index in [1.807, 2.05) is 0 Å². The van der Waals surface area contributed by atoms with E-state index < -0.39 is 0 Å². The van der Waals surface area contributed by atoms with E-state index in [0.717, 1.165) is 0 Å². The predicted octanol–water partition coefficient (Wildman–Crippen LogP) is -2.67. The van der Waals surface area contributed by atoms with Crippen molar-refractivity contribution in [3.05, 3.63) is 0 Å². The molecule has 0 amide bonds. The van der Waals surface area contributed by atoms with Crippen LogP contribution in [-0.4, -0.2) is 196 Å². The molecule has 0 spiro atoms. The summed E-state index contributed by atoms with van der Waals surface area (Å²) in [5.74, 6) is 0. The van der Waals surface area contributed by atoms with Crippen LogP contribution in [0.3, 0.4) is 0 Å². The third-order valence-corrected chi connectivity index (χ3v) is 0. The van der Waals surface area contributed by atoms with Gasteiger partial charge in [0.2, 0.25) is 0 Å². The molecule has 0 atom stereocenters. The molecule has 0 aromatic rings. The Morgan fingerprint density at radius 2 is 0.286 bits per heavy atom. The smallest absolute Gasteiger partial charge is 0 e. The molecule has 0 fully saturated rings. The SMILES string of the molecule is [Li].[Na].[Na].[Na].[Na].[Na].[Na]. The molecule has 0 saturated heterocycles. The van der Waals surface area contributed by atoms with Crippen molar-refractivity contribution in [3.8, 4) is 0 Å². The van der Waals surface area contributed by atoms with E-state index in [1.165, 1.54) is 0 Å². The van der Waals surface area contributed by atoms with Crippen molar-refractivity contribution in [1.82, 2.24) is 0 Å². The minimum atomic E-state index is 0. The molecule has 0 heterocycles. The van der Waals surface area contributed by atoms with Crippen LogP contribution >= 0.6 is 0 Å². The van der Waals surface area contributed by atoms with Crippen LogP contribution in [0.4, 0.5) is 0 Å². The molecule has 0 nitrogen and oxygen atoms in total. The molecule has 0 rings (SSSR count). The van der Waals surface area contributed by atoms with E-state index in [4.69, 9.17) is 0 Å². The quantitative estimate of drug-likeness (QED) is 0.326. The van der Waals surface area contributed by atoms with Gasteiger partial charge in [-0.15, -0.1) is 0 Å². The number of hydrogen-bond acceptors (Lipinski definition) is 0. The Morgan fingerprint density at radius 1 is 0.286 bits per heavy atom. The average molecular weight is 145 g/mol. The first-order chi connectivity index (χ1) is 0. The molecule has 0 aliphatic rings. The van der Waals surface area contributed by atoms with E-state index in [9.17, 15) is 0 Å². The second-order valence-corrected chi connectivity index (χ2v) is 0. The van der Waals surface area contributed by atoms with Gasteiger partial charge in [0, 0.05) is 196 Å². The summed E-state index contributed by atoms with van der Waals surface area (Å²) >= 11 is 0. The molecule has 7 valence electrons. The summed E-state index contributed by atoms with van der Waals surface area (Å²) in [7, 11) is 0. The molecule has 7 heavy (non-hydrogen) atoms. The van der Waals surface area contributed by atoms with E-state index in [0.29, 0.717) is 0 Å². The van der Waals surface area contributed by atoms with Crippen molar-refractivity contribution in [2.24, 2.45) is 0 Å². The summed E-state index contributed by atoms with van der Waals surface area (Å²) in [5, 5.41) is 0. The van der Waals surface area contributed by atoms with Crippen molar-refractivity contribution in [1.29, 1.82) is 0 Å². The van der Waals surface area contributed by atoms with Crippen LogP contribution in [-0.2, 0) is 0 Å². The van der Waals surface area contributed by atoms with Crippen molar-refractivity contribution in [2.75, 3.05) is 0 Å². The normalized spacial score (nSPS) is 0. The first-order valence-corrected chi connectivity index (χ1v) is 0. The molecule has 7 radical (unpaired) electrons. The Labute approximate surface area is 190 Å². The van der Waals surface area contributed by atoms with E-state index in [2.05, 4.69) is 0 Å². The van der Waals surface area contributed by atoms with Crippen LogP contribution in [0.5, 0.6) is 0 Å². The minimum absolute atomic E-state index is 0. The Bertz CT molecular complexity index is 4.14. The molecule has 0 aromatic carbocycles. The standard InChI is InChI=1S/Li.6Na. The van der Waals surface area contributed by atoms with Gasteiger partial charge in [-0.3, -0.25) is 0 Å². The van der Waals surface area contributed by atoms with Crippen LogP contribution in [0.25, 0.3) is 0 Å². The van der Waals surface area contributed by atoms with Crippen LogP contribution in [0.1, 0.15) is 0 Å². The molecular weight excluding hydrogens is 145 g/mol. The van der Waals surface area contributed by atoms with Gasteiger partial charge in [-0.1, -0.05) is 0 Å². The largest absolute Gasteiger partial charge is 0 e. The van der Waals surface area contributed by atoms with Crippen LogP contribution in [0.2, 0.25) is 0 Å². The molecule has 0 saturated carbocycles. The molecule has 0 unspecified atom stereocenters. The minimum Gasteiger partial charge on any atom is 0 e. The first-order valence-electron chi connectivity index (χ1n) is 0. The van der Waals surface area contributed by atoms with Gasteiger partial charge in [0.1, 0.15) is 0 Å². The zero-order valence-corrected chi connectivity index (χ0v) is 19.0. The van der Waals surface area contributed by atoms with E-state index >= 15 is 0 Å². The third-order valence-electron chi connectivity index (χ3n) is 0. The molecule has 0 N–H and O–H groups in total. The number of hydrogen-bond donors (Lipinski definition) is 0. The van der Waals surface area contributed by atoms with E-state index in [-0.39, 0.29) is 196 Å². The maximum Gasteiger partial charge on any atom is 0 e. The second-order valence-electron chi connectivity index (χ2n) is 0. The Morgan fingerprint density at radius 3 is 0.286 bits per heavy atom. The van der Waals surface area contributed by atoms with E-state index in [1.54, 1.807) is 0 Å². The van der Waals surface area contributed by atoms with Crippen molar-refractivity contribution in [3.63, 3.8) is 0 Å². The Balaban J connectivity index is 0. The number of rotatable bonds is 0. The Kier molecular flexibility index (Phi) is 276. The molecular formula is LiNa6. The van der Waals surface area contributed by atoms with Gasteiger partial charge in [0.25, 0.3) is 0 Å². The Hall–Kier alpha value is 6.60. The van der Waals surface area contributed by atoms with Crippen LogP contribution in [0.15, 0.2) is 0 Å². The van der Waals surface area contributed by atoms with Gasteiger partial charge in [-0.25, -0.2) is 0 Å². The van der Waals surface area contributed by atoms with Gasteiger partial charge in [-0.05, 0) is 0 Å². The van der Waals surface area contributed by atoms with Crippen LogP contribution in [0, 0.1) is 0 Å². The maximum atomic E-state index is 0. The molecule has 0 aliphatic heterocycles. The molecule has 0 aliphatic carbocycles. The predicted molar refractivity (Wildman–Crippen MR) is 40.3 cm³/mol. The summed E-state index contributed by atoms with van der Waals surface area (Å²) in [6.07, 6.45) is 0. The fraction of sp³-hybridized carbons (Fsp3) is 0. The van der Waals surface area contributed by atoms with Gasteiger partial charge in [0.05, 0.1) is 0 Å².